The molecular weight excluding hydrogens is 240 g/mol. The van der Waals surface area contributed by atoms with Crippen LogP contribution in [0.2, 0.25) is 0 Å². The highest BCUT2D eigenvalue weighted by Gasteiger charge is 2.15. The summed E-state index contributed by atoms with van der Waals surface area (Å²) in [6, 6.07) is 2.24. The molecular formula is C7H10N2O4S2. The van der Waals surface area contributed by atoms with Crippen LogP contribution >= 0.6 is 0 Å². The van der Waals surface area contributed by atoms with Gasteiger partial charge in [-0.3, -0.25) is 0 Å². The van der Waals surface area contributed by atoms with Gasteiger partial charge in [-0.05, 0) is 12.1 Å². The molecule has 0 spiro atoms. The number of sulfonamides is 1. The summed E-state index contributed by atoms with van der Waals surface area (Å²) in [5.41, 5.74) is 0. The van der Waals surface area contributed by atoms with E-state index in [0.29, 0.717) is 0 Å². The molecule has 15 heavy (non-hydrogen) atoms. The number of hydrogen-bond acceptors (Lipinski definition) is 5. The quantitative estimate of drug-likeness (QED) is 0.779. The second kappa shape index (κ2) is 3.87. The van der Waals surface area contributed by atoms with E-state index in [1.165, 1.54) is 6.92 Å². The van der Waals surface area contributed by atoms with Crippen LogP contribution in [0.15, 0.2) is 28.3 Å². The Morgan fingerprint density at radius 2 is 1.87 bits per heavy atom. The van der Waals surface area contributed by atoms with Crippen LogP contribution in [0, 0.1) is 0 Å². The van der Waals surface area contributed by atoms with Gasteiger partial charge in [0.25, 0.3) is 0 Å². The standard InChI is InChI=1S/C7H10N2O4S2/c1-2-14(10,11)7-4-3-6(5-9-7)15(8,12)13/h3-5H,2H2,1H3,(H2,8,12,13). The first-order chi connectivity index (χ1) is 6.77. The van der Waals surface area contributed by atoms with Crippen molar-refractivity contribution in [1.82, 2.24) is 4.98 Å². The van der Waals surface area contributed by atoms with Crippen LogP contribution in [-0.4, -0.2) is 27.6 Å². The summed E-state index contributed by atoms with van der Waals surface area (Å²) in [5, 5.41) is 4.68. The van der Waals surface area contributed by atoms with Gasteiger partial charge in [-0.1, -0.05) is 6.92 Å². The van der Waals surface area contributed by atoms with Crippen molar-refractivity contribution in [3.05, 3.63) is 18.3 Å². The summed E-state index contributed by atoms with van der Waals surface area (Å²) in [4.78, 5) is 3.33. The van der Waals surface area contributed by atoms with Gasteiger partial charge in [0.05, 0.1) is 5.75 Å². The third kappa shape index (κ3) is 2.74. The topological polar surface area (TPSA) is 107 Å². The van der Waals surface area contributed by atoms with E-state index in [0.717, 1.165) is 18.3 Å². The number of primary sulfonamides is 1. The zero-order valence-corrected chi connectivity index (χ0v) is 9.55. The molecule has 0 fully saturated rings. The fourth-order valence-corrected chi connectivity index (χ4v) is 2.11. The lowest BCUT2D eigenvalue weighted by Gasteiger charge is -2.01. The first-order valence-electron chi connectivity index (χ1n) is 3.99. The molecule has 1 rings (SSSR count). The van der Waals surface area contributed by atoms with E-state index in [-0.39, 0.29) is 15.7 Å². The molecule has 0 aromatic carbocycles. The summed E-state index contributed by atoms with van der Waals surface area (Å²) >= 11 is 0. The zero-order valence-electron chi connectivity index (χ0n) is 7.91. The molecule has 2 N–H and O–H groups in total. The maximum atomic E-state index is 11.3. The second-order valence-electron chi connectivity index (χ2n) is 2.78. The van der Waals surface area contributed by atoms with Crippen LogP contribution in [0.1, 0.15) is 6.92 Å². The van der Waals surface area contributed by atoms with Crippen LogP contribution in [0.25, 0.3) is 0 Å². The van der Waals surface area contributed by atoms with Crippen molar-refractivity contribution < 1.29 is 16.8 Å². The Labute approximate surface area is 88.1 Å². The molecule has 6 nitrogen and oxygen atoms in total. The number of rotatable bonds is 3. The van der Waals surface area contributed by atoms with Gasteiger partial charge in [0.15, 0.2) is 14.9 Å². The third-order valence-corrected chi connectivity index (χ3v) is 4.27. The van der Waals surface area contributed by atoms with Gasteiger partial charge >= 0.3 is 0 Å². The van der Waals surface area contributed by atoms with Crippen LogP contribution in [0.3, 0.4) is 0 Å². The summed E-state index contributed by atoms with van der Waals surface area (Å²) in [5.74, 6) is -0.0886. The Balaban J connectivity index is 3.24. The SMILES string of the molecule is CCS(=O)(=O)c1ccc(S(N)(=O)=O)cn1. The fraction of sp³-hybridized carbons (Fsp3) is 0.286. The van der Waals surface area contributed by atoms with E-state index >= 15 is 0 Å². The Morgan fingerprint density at radius 1 is 1.27 bits per heavy atom. The number of sulfone groups is 1. The molecule has 1 heterocycles. The molecule has 0 saturated heterocycles. The van der Waals surface area contributed by atoms with Crippen molar-refractivity contribution >= 4 is 19.9 Å². The molecule has 8 heteroatoms. The third-order valence-electron chi connectivity index (χ3n) is 1.74. The van der Waals surface area contributed by atoms with Gasteiger partial charge in [-0.2, -0.15) is 0 Å². The van der Waals surface area contributed by atoms with Gasteiger partial charge in [0.1, 0.15) is 4.90 Å². The maximum Gasteiger partial charge on any atom is 0.239 e. The fourth-order valence-electron chi connectivity index (χ4n) is 0.867. The number of nitrogens with two attached hydrogens (primary N) is 1. The van der Waals surface area contributed by atoms with Crippen LogP contribution < -0.4 is 5.14 Å². The second-order valence-corrected chi connectivity index (χ2v) is 6.57. The Hall–Kier alpha value is -0.990. The molecule has 0 aliphatic heterocycles. The highest BCUT2D eigenvalue weighted by molar-refractivity contribution is 7.91. The Bertz CT molecular complexity index is 545. The molecule has 0 radical (unpaired) electrons. The largest absolute Gasteiger partial charge is 0.243 e. The minimum Gasteiger partial charge on any atom is -0.243 e. The van der Waals surface area contributed by atoms with E-state index in [9.17, 15) is 16.8 Å². The van der Waals surface area contributed by atoms with Crippen molar-refractivity contribution in [3.8, 4) is 0 Å². The van der Waals surface area contributed by atoms with Crippen LogP contribution in [-0.2, 0) is 19.9 Å². The predicted molar refractivity (Wildman–Crippen MR) is 53.3 cm³/mol. The number of hydrogen-bond donors (Lipinski definition) is 1. The van der Waals surface area contributed by atoms with Gasteiger partial charge in [-0.25, -0.2) is 27.0 Å². The number of aromatic nitrogens is 1. The lowest BCUT2D eigenvalue weighted by molar-refractivity contribution is 0.589. The highest BCUT2D eigenvalue weighted by atomic mass is 32.2. The lowest BCUT2D eigenvalue weighted by Crippen LogP contribution is -2.13. The van der Waals surface area contributed by atoms with Gasteiger partial charge in [0.2, 0.25) is 10.0 Å². The average Bonchev–Trinajstić information content (AvgIpc) is 2.17. The molecule has 0 bridgehead atoms. The Kier molecular flexibility index (Phi) is 3.12. The van der Waals surface area contributed by atoms with Gasteiger partial charge in [-0.15, -0.1) is 0 Å². The molecule has 0 aliphatic carbocycles. The first kappa shape index (κ1) is 12.1. The van der Waals surface area contributed by atoms with Crippen molar-refractivity contribution in [2.75, 3.05) is 5.75 Å². The van der Waals surface area contributed by atoms with Gasteiger partial charge < -0.3 is 0 Å². The van der Waals surface area contributed by atoms with Crippen LogP contribution in [0.5, 0.6) is 0 Å². The van der Waals surface area contributed by atoms with Gasteiger partial charge in [0, 0.05) is 6.20 Å². The maximum absolute atomic E-state index is 11.3. The smallest absolute Gasteiger partial charge is 0.239 e. The molecule has 0 amide bonds. The highest BCUT2D eigenvalue weighted by Crippen LogP contribution is 2.10. The molecule has 0 saturated carbocycles. The summed E-state index contributed by atoms with van der Waals surface area (Å²) in [7, 11) is -7.24. The number of nitrogens with zero attached hydrogens (tertiary/aromatic N) is 1. The summed E-state index contributed by atoms with van der Waals surface area (Å²) in [6.07, 6.45) is 0.928. The van der Waals surface area contributed by atoms with Crippen LogP contribution in [0.4, 0.5) is 0 Å². The lowest BCUT2D eigenvalue weighted by atomic mass is 10.5. The van der Waals surface area contributed by atoms with E-state index in [1.54, 1.807) is 0 Å². The molecule has 84 valence electrons. The molecule has 0 unspecified atom stereocenters. The predicted octanol–water partition coefficient (Wildman–Crippen LogP) is -0.477. The minimum absolute atomic E-state index is 0.0886. The molecule has 0 atom stereocenters. The van der Waals surface area contributed by atoms with Crippen molar-refractivity contribution in [1.29, 1.82) is 0 Å². The van der Waals surface area contributed by atoms with E-state index < -0.39 is 19.9 Å². The first-order valence-corrected chi connectivity index (χ1v) is 7.19. The van der Waals surface area contributed by atoms with E-state index in [1.807, 2.05) is 0 Å². The van der Waals surface area contributed by atoms with E-state index in [2.05, 4.69) is 4.98 Å². The zero-order chi connectivity index (χ0) is 11.7. The minimum atomic E-state index is -3.83. The number of pyridine rings is 1. The molecule has 1 aromatic heterocycles. The summed E-state index contributed by atoms with van der Waals surface area (Å²) < 4.78 is 44.3. The van der Waals surface area contributed by atoms with Crippen molar-refractivity contribution in [3.63, 3.8) is 0 Å². The normalized spacial score (nSPS) is 12.7. The van der Waals surface area contributed by atoms with Crippen molar-refractivity contribution in [2.24, 2.45) is 5.14 Å². The molecule has 0 aliphatic rings. The van der Waals surface area contributed by atoms with Crippen molar-refractivity contribution in [2.45, 2.75) is 16.8 Å². The molecule has 1 aromatic rings. The van der Waals surface area contributed by atoms with E-state index in [4.69, 9.17) is 5.14 Å². The Morgan fingerprint density at radius 3 is 2.20 bits per heavy atom. The average molecular weight is 250 g/mol. The monoisotopic (exact) mass is 250 g/mol. The summed E-state index contributed by atoms with van der Waals surface area (Å²) in [6.45, 7) is 1.48.